The largest absolute Gasteiger partial charge is 0.367 e. The van der Waals surface area contributed by atoms with E-state index >= 15 is 0 Å². The number of hydrogen-bond acceptors (Lipinski definition) is 3. The maximum absolute atomic E-state index is 6.22. The Morgan fingerprint density at radius 2 is 1.50 bits per heavy atom. The highest BCUT2D eigenvalue weighted by molar-refractivity contribution is 4.94. The van der Waals surface area contributed by atoms with E-state index in [0.29, 0.717) is 5.41 Å². The topological polar surface area (TPSA) is 24.5 Å². The molecule has 0 aromatic heterocycles. The lowest BCUT2D eigenvalue weighted by molar-refractivity contribution is -0.185. The highest BCUT2D eigenvalue weighted by atomic mass is 16.5. The van der Waals surface area contributed by atoms with E-state index in [-0.39, 0.29) is 11.2 Å². The average Bonchev–Trinajstić information content (AvgIpc) is 2.25. The second-order valence-corrected chi connectivity index (χ2v) is 8.36. The summed E-state index contributed by atoms with van der Waals surface area (Å²) in [6.07, 6.45) is 6.99. The Bertz CT molecular complexity index is 297. The molecule has 3 heteroatoms. The molecule has 0 spiro atoms. The van der Waals surface area contributed by atoms with E-state index in [4.69, 9.17) is 4.74 Å². The van der Waals surface area contributed by atoms with Gasteiger partial charge in [-0.3, -0.25) is 4.90 Å². The molecule has 1 aliphatic heterocycles. The first-order valence-corrected chi connectivity index (χ1v) is 8.33. The van der Waals surface area contributed by atoms with Gasteiger partial charge in [-0.05, 0) is 53.0 Å². The first-order chi connectivity index (χ1) is 9.26. The maximum atomic E-state index is 6.22. The van der Waals surface area contributed by atoms with Crippen LogP contribution in [0.15, 0.2) is 0 Å². The second kappa shape index (κ2) is 5.94. The van der Waals surface area contributed by atoms with Gasteiger partial charge in [0.15, 0.2) is 0 Å². The number of morpholine rings is 1. The Kier molecular flexibility index (Phi) is 4.83. The highest BCUT2D eigenvalue weighted by Crippen LogP contribution is 2.38. The quantitative estimate of drug-likeness (QED) is 0.858. The number of hydrogen-bond donors (Lipinski definition) is 1. The lowest BCUT2D eigenvalue weighted by atomic mass is 9.73. The fraction of sp³-hybridized carbons (Fsp3) is 1.00. The molecule has 2 rings (SSSR count). The van der Waals surface area contributed by atoms with Gasteiger partial charge in [-0.2, -0.15) is 0 Å². The molecule has 1 heterocycles. The predicted octanol–water partition coefficient (Wildman–Crippen LogP) is 3.05. The molecule has 0 bridgehead atoms. The normalized spacial score (nSPS) is 29.2. The van der Waals surface area contributed by atoms with Gasteiger partial charge in [-0.1, -0.05) is 19.3 Å². The summed E-state index contributed by atoms with van der Waals surface area (Å²) >= 11 is 0. The van der Waals surface area contributed by atoms with E-state index in [9.17, 15) is 0 Å². The van der Waals surface area contributed by atoms with Crippen molar-refractivity contribution >= 4 is 0 Å². The van der Waals surface area contributed by atoms with Crippen molar-refractivity contribution < 1.29 is 4.74 Å². The van der Waals surface area contributed by atoms with Crippen LogP contribution in [-0.4, -0.2) is 49.3 Å². The molecule has 0 radical (unpaired) electrons. The number of rotatable bonds is 4. The fourth-order valence-electron chi connectivity index (χ4n) is 4.60. The zero-order valence-electron chi connectivity index (χ0n) is 14.2. The van der Waals surface area contributed by atoms with Gasteiger partial charge in [0.2, 0.25) is 0 Å². The van der Waals surface area contributed by atoms with E-state index < -0.39 is 0 Å². The molecule has 1 saturated heterocycles. The van der Waals surface area contributed by atoms with Crippen molar-refractivity contribution in [3.05, 3.63) is 0 Å². The molecule has 0 aromatic rings. The standard InChI is InChI=1S/C17H34N2O/c1-15(2)12-19(13-16(3,4)20-15)14-17(11-18-5)9-7-6-8-10-17/h18H,6-14H2,1-5H3. The Balaban J connectivity index is 2.05. The molecule has 3 nitrogen and oxygen atoms in total. The summed E-state index contributed by atoms with van der Waals surface area (Å²) in [5, 5.41) is 3.45. The minimum absolute atomic E-state index is 0.0305. The third-order valence-corrected chi connectivity index (χ3v) is 4.79. The molecule has 0 aromatic carbocycles. The minimum Gasteiger partial charge on any atom is -0.367 e. The van der Waals surface area contributed by atoms with E-state index in [1.807, 2.05) is 0 Å². The lowest BCUT2D eigenvalue weighted by Crippen LogP contribution is -2.59. The van der Waals surface area contributed by atoms with Crippen LogP contribution in [-0.2, 0) is 4.74 Å². The van der Waals surface area contributed by atoms with Gasteiger partial charge >= 0.3 is 0 Å². The van der Waals surface area contributed by atoms with Crippen LogP contribution >= 0.6 is 0 Å². The monoisotopic (exact) mass is 282 g/mol. The van der Waals surface area contributed by atoms with Gasteiger partial charge in [0, 0.05) is 26.2 Å². The molecule has 1 saturated carbocycles. The molecule has 20 heavy (non-hydrogen) atoms. The third kappa shape index (κ3) is 4.19. The summed E-state index contributed by atoms with van der Waals surface area (Å²) in [6, 6.07) is 0. The van der Waals surface area contributed by atoms with Crippen LogP contribution in [0.2, 0.25) is 0 Å². The number of ether oxygens (including phenoxy) is 1. The number of nitrogens with one attached hydrogen (secondary N) is 1. The summed E-state index contributed by atoms with van der Waals surface area (Å²) < 4.78 is 6.22. The molecule has 2 fully saturated rings. The smallest absolute Gasteiger partial charge is 0.0760 e. The summed E-state index contributed by atoms with van der Waals surface area (Å²) in [7, 11) is 2.10. The van der Waals surface area contributed by atoms with Gasteiger partial charge < -0.3 is 10.1 Å². The van der Waals surface area contributed by atoms with Crippen LogP contribution < -0.4 is 5.32 Å². The van der Waals surface area contributed by atoms with Crippen molar-refractivity contribution in [2.24, 2.45) is 5.41 Å². The van der Waals surface area contributed by atoms with Crippen molar-refractivity contribution in [2.75, 3.05) is 33.2 Å². The Morgan fingerprint density at radius 1 is 0.950 bits per heavy atom. The van der Waals surface area contributed by atoms with Gasteiger partial charge in [0.25, 0.3) is 0 Å². The molecule has 1 N–H and O–H groups in total. The van der Waals surface area contributed by atoms with Crippen molar-refractivity contribution in [1.29, 1.82) is 0 Å². The van der Waals surface area contributed by atoms with Gasteiger partial charge in [0.1, 0.15) is 0 Å². The molecule has 0 unspecified atom stereocenters. The molecule has 118 valence electrons. The van der Waals surface area contributed by atoms with E-state index in [0.717, 1.165) is 19.6 Å². The maximum Gasteiger partial charge on any atom is 0.0760 e. The molecule has 2 aliphatic rings. The van der Waals surface area contributed by atoms with Gasteiger partial charge in [-0.25, -0.2) is 0 Å². The second-order valence-electron chi connectivity index (χ2n) is 8.36. The minimum atomic E-state index is -0.0305. The van der Waals surface area contributed by atoms with E-state index in [2.05, 4.69) is 45.0 Å². The zero-order valence-corrected chi connectivity index (χ0v) is 14.2. The highest BCUT2D eigenvalue weighted by Gasteiger charge is 2.41. The van der Waals surface area contributed by atoms with E-state index in [1.54, 1.807) is 0 Å². The average molecular weight is 282 g/mol. The van der Waals surface area contributed by atoms with E-state index in [1.165, 1.54) is 38.6 Å². The van der Waals surface area contributed by atoms with Crippen molar-refractivity contribution in [3.63, 3.8) is 0 Å². The summed E-state index contributed by atoms with van der Waals surface area (Å²) in [6.45, 7) is 13.4. The third-order valence-electron chi connectivity index (χ3n) is 4.79. The molecular weight excluding hydrogens is 248 g/mol. The lowest BCUT2D eigenvalue weighted by Gasteiger charge is -2.50. The van der Waals surface area contributed by atoms with Crippen LogP contribution in [0.25, 0.3) is 0 Å². The summed E-state index contributed by atoms with van der Waals surface area (Å²) in [5.74, 6) is 0. The first-order valence-electron chi connectivity index (χ1n) is 8.33. The van der Waals surface area contributed by atoms with Gasteiger partial charge in [0.05, 0.1) is 11.2 Å². The first kappa shape index (κ1) is 16.3. The molecule has 0 atom stereocenters. The van der Waals surface area contributed by atoms with Crippen molar-refractivity contribution in [3.8, 4) is 0 Å². The molecule has 0 amide bonds. The molecule has 1 aliphatic carbocycles. The SMILES string of the molecule is CNCC1(CN2CC(C)(C)OC(C)(C)C2)CCCCC1. The predicted molar refractivity (Wildman–Crippen MR) is 85.1 cm³/mol. The molecular formula is C17H34N2O. The Hall–Kier alpha value is -0.120. The van der Waals surface area contributed by atoms with Gasteiger partial charge in [-0.15, -0.1) is 0 Å². The summed E-state index contributed by atoms with van der Waals surface area (Å²) in [4.78, 5) is 2.66. The van der Waals surface area contributed by atoms with Crippen LogP contribution in [0.1, 0.15) is 59.8 Å². The van der Waals surface area contributed by atoms with Crippen LogP contribution in [0.3, 0.4) is 0 Å². The van der Waals surface area contributed by atoms with Crippen LogP contribution in [0.5, 0.6) is 0 Å². The van der Waals surface area contributed by atoms with Crippen LogP contribution in [0.4, 0.5) is 0 Å². The van der Waals surface area contributed by atoms with Crippen molar-refractivity contribution in [1.82, 2.24) is 10.2 Å². The summed E-state index contributed by atoms with van der Waals surface area (Å²) in [5.41, 5.74) is 0.422. The van der Waals surface area contributed by atoms with Crippen molar-refractivity contribution in [2.45, 2.75) is 71.0 Å². The zero-order chi connectivity index (χ0) is 14.9. The Morgan fingerprint density at radius 3 is 2.00 bits per heavy atom. The fourth-order valence-corrected chi connectivity index (χ4v) is 4.60. The number of nitrogens with zero attached hydrogens (tertiary/aromatic N) is 1. The Labute approximate surface area is 125 Å². The van der Waals surface area contributed by atoms with Crippen LogP contribution in [0, 0.1) is 5.41 Å².